The van der Waals surface area contributed by atoms with Crippen LogP contribution in [0.5, 0.6) is 0 Å². The average molecular weight is 352 g/mol. The van der Waals surface area contributed by atoms with Gasteiger partial charge in [0.05, 0.1) is 36.3 Å². The highest BCUT2D eigenvalue weighted by Gasteiger charge is 2.63. The van der Waals surface area contributed by atoms with E-state index in [-0.39, 0.29) is 24.3 Å². The summed E-state index contributed by atoms with van der Waals surface area (Å²) >= 11 is 0. The lowest BCUT2D eigenvalue weighted by Crippen LogP contribution is -2.54. The van der Waals surface area contributed by atoms with E-state index in [1.165, 1.54) is 0 Å². The number of nitrogens with zero attached hydrogens (tertiary/aromatic N) is 4. The summed E-state index contributed by atoms with van der Waals surface area (Å²) in [5.41, 5.74) is 1.03. The summed E-state index contributed by atoms with van der Waals surface area (Å²) < 4.78 is 12.1. The Morgan fingerprint density at radius 1 is 1.19 bits per heavy atom. The number of hydrogen-bond acceptors (Lipinski definition) is 6. The van der Waals surface area contributed by atoms with Gasteiger partial charge in [-0.05, 0) is 25.0 Å². The molecule has 3 fully saturated rings. The molecule has 0 aromatic carbocycles. The number of hydrogen-bond donors (Lipinski definition) is 0. The number of carbonyl (C=O) groups excluding carboxylic acids is 1. The second kappa shape index (κ2) is 6.10. The van der Waals surface area contributed by atoms with Crippen molar-refractivity contribution >= 4 is 5.91 Å². The maximum absolute atomic E-state index is 13.1. The number of carbonyl (C=O) groups is 1. The molecule has 2 aromatic heterocycles. The molecule has 5 rings (SSSR count). The number of ether oxygens (including phenoxy) is 2. The quantitative estimate of drug-likeness (QED) is 0.838. The van der Waals surface area contributed by atoms with Crippen molar-refractivity contribution in [2.75, 3.05) is 0 Å². The van der Waals surface area contributed by atoms with Gasteiger partial charge in [0.25, 0.3) is 5.91 Å². The summed E-state index contributed by atoms with van der Waals surface area (Å²) in [5, 5.41) is 0. The Hall–Kier alpha value is -2.38. The maximum Gasteiger partial charge on any atom is 0.257 e. The lowest BCUT2D eigenvalue weighted by molar-refractivity contribution is -0.177. The first kappa shape index (κ1) is 15.8. The predicted molar refractivity (Wildman–Crippen MR) is 90.5 cm³/mol. The molecule has 2 saturated heterocycles. The first-order valence-electron chi connectivity index (χ1n) is 9.03. The van der Waals surface area contributed by atoms with Gasteiger partial charge in [-0.3, -0.25) is 19.7 Å². The summed E-state index contributed by atoms with van der Waals surface area (Å²) in [5.74, 6) is 0.0772. The fourth-order valence-corrected chi connectivity index (χ4v) is 4.24. The zero-order chi connectivity index (χ0) is 17.6. The van der Waals surface area contributed by atoms with Crippen LogP contribution in [0.4, 0.5) is 0 Å². The molecule has 1 amide bonds. The van der Waals surface area contributed by atoms with Crippen LogP contribution >= 0.6 is 0 Å². The second-order valence-corrected chi connectivity index (χ2v) is 7.16. The summed E-state index contributed by atoms with van der Waals surface area (Å²) in [7, 11) is 0. The zero-order valence-electron chi connectivity index (χ0n) is 14.3. The molecule has 0 unspecified atom stereocenters. The molecule has 0 N–H and O–H groups in total. The minimum absolute atomic E-state index is 0.0333. The van der Waals surface area contributed by atoms with Gasteiger partial charge in [-0.15, -0.1) is 0 Å². The van der Waals surface area contributed by atoms with E-state index in [4.69, 9.17) is 9.47 Å². The average Bonchev–Trinajstić information content (AvgIpc) is 3.19. The van der Waals surface area contributed by atoms with Gasteiger partial charge in [0.2, 0.25) is 0 Å². The largest absolute Gasteiger partial charge is 0.372 e. The summed E-state index contributed by atoms with van der Waals surface area (Å²) in [6.45, 7) is 0.463. The fourth-order valence-electron chi connectivity index (χ4n) is 4.24. The Morgan fingerprint density at radius 3 is 2.88 bits per heavy atom. The van der Waals surface area contributed by atoms with Crippen molar-refractivity contribution in [1.29, 1.82) is 0 Å². The molecular weight excluding hydrogens is 332 g/mol. The number of rotatable bonds is 4. The van der Waals surface area contributed by atoms with Crippen molar-refractivity contribution in [3.8, 4) is 0 Å². The van der Waals surface area contributed by atoms with Gasteiger partial charge in [-0.25, -0.2) is 0 Å². The molecule has 7 nitrogen and oxygen atoms in total. The number of pyridine rings is 1. The Kier molecular flexibility index (Phi) is 3.72. The molecule has 0 radical (unpaired) electrons. The van der Waals surface area contributed by atoms with E-state index in [1.54, 1.807) is 24.8 Å². The molecule has 1 saturated carbocycles. The Balaban J connectivity index is 1.24. The molecule has 2 aromatic rings. The highest BCUT2D eigenvalue weighted by molar-refractivity contribution is 5.89. The van der Waals surface area contributed by atoms with E-state index in [1.807, 2.05) is 23.1 Å². The normalized spacial score (nSPS) is 32.7. The lowest BCUT2D eigenvalue weighted by atomic mass is 9.76. The Morgan fingerprint density at radius 2 is 2.12 bits per heavy atom. The third-order valence-corrected chi connectivity index (χ3v) is 5.55. The molecule has 1 aliphatic carbocycles. The zero-order valence-corrected chi connectivity index (χ0v) is 14.3. The van der Waals surface area contributed by atoms with E-state index in [0.717, 1.165) is 24.2 Å². The van der Waals surface area contributed by atoms with Crippen molar-refractivity contribution in [1.82, 2.24) is 19.9 Å². The van der Waals surface area contributed by atoms with E-state index in [0.29, 0.717) is 19.4 Å². The van der Waals surface area contributed by atoms with Crippen LogP contribution in [0, 0.1) is 0 Å². The van der Waals surface area contributed by atoms with Crippen molar-refractivity contribution in [3.05, 3.63) is 54.4 Å². The molecule has 134 valence electrons. The van der Waals surface area contributed by atoms with Gasteiger partial charge in [0.15, 0.2) is 5.60 Å². The third-order valence-electron chi connectivity index (χ3n) is 5.55. The Labute approximate surface area is 151 Å². The highest BCUT2D eigenvalue weighted by atomic mass is 16.6. The van der Waals surface area contributed by atoms with Crippen molar-refractivity contribution in [3.63, 3.8) is 0 Å². The molecule has 1 spiro atoms. The number of amides is 1. The van der Waals surface area contributed by atoms with Crippen LogP contribution < -0.4 is 0 Å². The van der Waals surface area contributed by atoms with Crippen molar-refractivity contribution < 1.29 is 14.3 Å². The molecule has 2 aliphatic heterocycles. The molecule has 26 heavy (non-hydrogen) atoms. The predicted octanol–water partition coefficient (Wildman–Crippen LogP) is 2.01. The molecule has 2 atom stereocenters. The van der Waals surface area contributed by atoms with E-state index in [9.17, 15) is 4.79 Å². The van der Waals surface area contributed by atoms with Gasteiger partial charge in [0.1, 0.15) is 6.23 Å². The van der Waals surface area contributed by atoms with Gasteiger partial charge in [-0.1, -0.05) is 6.07 Å². The second-order valence-electron chi connectivity index (χ2n) is 7.16. The van der Waals surface area contributed by atoms with Crippen LogP contribution in [0.3, 0.4) is 0 Å². The third kappa shape index (κ3) is 2.50. The van der Waals surface area contributed by atoms with Crippen LogP contribution in [-0.4, -0.2) is 43.7 Å². The van der Waals surface area contributed by atoms with E-state index >= 15 is 0 Å². The van der Waals surface area contributed by atoms with Crippen LogP contribution in [0.1, 0.15) is 43.1 Å². The van der Waals surface area contributed by atoms with Crippen molar-refractivity contribution in [2.45, 2.75) is 56.3 Å². The number of aromatic nitrogens is 3. The topological polar surface area (TPSA) is 77.4 Å². The Bertz CT molecular complexity index is 795. The first-order chi connectivity index (χ1) is 12.8. The van der Waals surface area contributed by atoms with Crippen LogP contribution in [-0.2, 0) is 20.9 Å². The van der Waals surface area contributed by atoms with Crippen LogP contribution in [0.25, 0.3) is 0 Å². The van der Waals surface area contributed by atoms with E-state index < -0.39 is 5.60 Å². The molecule has 3 aliphatic rings. The SMILES string of the molecule is O=C1N2[C@@H](CC[C@H]2c2cnccn2)OC12CC(OCc1ccccn1)C2. The van der Waals surface area contributed by atoms with Crippen LogP contribution in [0.15, 0.2) is 43.0 Å². The summed E-state index contributed by atoms with van der Waals surface area (Å²) in [6.07, 6.45) is 9.63. The highest BCUT2D eigenvalue weighted by Crippen LogP contribution is 2.51. The minimum Gasteiger partial charge on any atom is -0.372 e. The molecule has 0 bridgehead atoms. The van der Waals surface area contributed by atoms with Gasteiger partial charge < -0.3 is 14.4 Å². The standard InChI is InChI=1S/C19H20N4O3/c24-18-19(9-14(10-19)25-12-13-3-1-2-6-21-13)26-17-5-4-16(23(17)18)15-11-20-7-8-22-15/h1-3,6-8,11,14,16-17H,4-5,9-10,12H2/t14?,16-,17+,19?/m0/s1. The van der Waals surface area contributed by atoms with Gasteiger partial charge in [0, 0.05) is 31.4 Å². The van der Waals surface area contributed by atoms with Crippen molar-refractivity contribution in [2.24, 2.45) is 0 Å². The number of fused-ring (bicyclic) bond motifs is 1. The first-order valence-corrected chi connectivity index (χ1v) is 9.03. The summed E-state index contributed by atoms with van der Waals surface area (Å²) in [4.78, 5) is 27.7. The lowest BCUT2D eigenvalue weighted by Gasteiger charge is -2.42. The van der Waals surface area contributed by atoms with Crippen LogP contribution in [0.2, 0.25) is 0 Å². The molecular formula is C19H20N4O3. The smallest absolute Gasteiger partial charge is 0.257 e. The fraction of sp³-hybridized carbons (Fsp3) is 0.474. The maximum atomic E-state index is 13.1. The van der Waals surface area contributed by atoms with Gasteiger partial charge >= 0.3 is 0 Å². The van der Waals surface area contributed by atoms with Gasteiger partial charge in [-0.2, -0.15) is 0 Å². The van der Waals surface area contributed by atoms with E-state index in [2.05, 4.69) is 15.0 Å². The monoisotopic (exact) mass is 352 g/mol. The molecule has 4 heterocycles. The minimum atomic E-state index is -0.708. The molecule has 7 heteroatoms. The summed E-state index contributed by atoms with van der Waals surface area (Å²) in [6, 6.07) is 5.73.